The van der Waals surface area contributed by atoms with Gasteiger partial charge in [0.2, 0.25) is 11.8 Å². The molecule has 2 aromatic carbocycles. The Balaban J connectivity index is 1.37. The first kappa shape index (κ1) is 20.9. The van der Waals surface area contributed by atoms with Gasteiger partial charge in [0.1, 0.15) is 12.1 Å². The largest absolute Gasteiger partial charge is 0.357 e. The van der Waals surface area contributed by atoms with E-state index < -0.39 is 0 Å². The van der Waals surface area contributed by atoms with Gasteiger partial charge >= 0.3 is 0 Å². The molecular weight excluding hydrogens is 416 g/mol. The second-order valence-electron chi connectivity index (χ2n) is 8.56. The first-order valence-electron chi connectivity index (χ1n) is 11.2. The lowest BCUT2D eigenvalue weighted by Gasteiger charge is -2.25. The normalized spacial score (nSPS) is 13.6. The van der Waals surface area contributed by atoms with Crippen LogP contribution in [0.2, 0.25) is 0 Å². The number of aromatic nitrogens is 4. The zero-order chi connectivity index (χ0) is 22.8. The molecule has 2 amide bonds. The molecule has 0 aliphatic heterocycles. The molecule has 4 aromatic rings. The summed E-state index contributed by atoms with van der Waals surface area (Å²) in [5, 5.41) is 11.3. The minimum absolute atomic E-state index is 0.0734. The van der Waals surface area contributed by atoms with Gasteiger partial charge in [-0.3, -0.25) is 9.59 Å². The fourth-order valence-electron chi connectivity index (χ4n) is 4.05. The SMILES string of the molecule is Cn1ccc(CN(C(=O)Cn2nnc3ccccc32)c2ccc(NC(=O)C3CCC3)cc2)c1. The first-order valence-corrected chi connectivity index (χ1v) is 11.2. The highest BCUT2D eigenvalue weighted by molar-refractivity contribution is 5.95. The van der Waals surface area contributed by atoms with Crippen LogP contribution in [0.4, 0.5) is 11.4 Å². The summed E-state index contributed by atoms with van der Waals surface area (Å²) in [5.41, 5.74) is 4.10. The number of carbonyl (C=O) groups excluding carboxylic acids is 2. The molecule has 2 aromatic heterocycles. The second-order valence-corrected chi connectivity index (χ2v) is 8.56. The maximum Gasteiger partial charge on any atom is 0.249 e. The number of para-hydroxylation sites is 1. The molecule has 1 aliphatic rings. The van der Waals surface area contributed by atoms with Crippen molar-refractivity contribution in [2.45, 2.75) is 32.4 Å². The number of nitrogens with one attached hydrogen (secondary N) is 1. The van der Waals surface area contributed by atoms with Crippen molar-refractivity contribution >= 4 is 34.2 Å². The van der Waals surface area contributed by atoms with Gasteiger partial charge in [0.05, 0.1) is 12.1 Å². The second kappa shape index (κ2) is 8.90. The van der Waals surface area contributed by atoms with Crippen molar-refractivity contribution in [3.8, 4) is 0 Å². The van der Waals surface area contributed by atoms with Gasteiger partial charge < -0.3 is 14.8 Å². The lowest BCUT2D eigenvalue weighted by atomic mass is 9.85. The van der Waals surface area contributed by atoms with E-state index in [2.05, 4.69) is 15.6 Å². The lowest BCUT2D eigenvalue weighted by Crippen LogP contribution is -2.33. The van der Waals surface area contributed by atoms with E-state index in [1.807, 2.05) is 78.6 Å². The van der Waals surface area contributed by atoms with Crippen molar-refractivity contribution < 1.29 is 9.59 Å². The Labute approximate surface area is 191 Å². The van der Waals surface area contributed by atoms with Crippen LogP contribution in [-0.2, 0) is 29.7 Å². The fourth-order valence-corrected chi connectivity index (χ4v) is 4.05. The van der Waals surface area contributed by atoms with Crippen molar-refractivity contribution in [1.82, 2.24) is 19.6 Å². The number of benzene rings is 2. The number of amides is 2. The van der Waals surface area contributed by atoms with E-state index in [0.717, 1.165) is 47.2 Å². The van der Waals surface area contributed by atoms with Crippen molar-refractivity contribution in [3.05, 3.63) is 72.6 Å². The molecule has 0 spiro atoms. The summed E-state index contributed by atoms with van der Waals surface area (Å²) in [6, 6.07) is 17.0. The minimum Gasteiger partial charge on any atom is -0.357 e. The van der Waals surface area contributed by atoms with E-state index in [4.69, 9.17) is 0 Å². The van der Waals surface area contributed by atoms with E-state index in [9.17, 15) is 9.59 Å². The molecule has 0 atom stereocenters. The molecule has 33 heavy (non-hydrogen) atoms. The van der Waals surface area contributed by atoms with Crippen LogP contribution in [0, 0.1) is 5.92 Å². The van der Waals surface area contributed by atoms with Gasteiger partial charge in [0.15, 0.2) is 0 Å². The highest BCUT2D eigenvalue weighted by Gasteiger charge is 2.25. The van der Waals surface area contributed by atoms with Gasteiger partial charge in [0, 0.05) is 36.7 Å². The van der Waals surface area contributed by atoms with Gasteiger partial charge in [-0.25, -0.2) is 4.68 Å². The van der Waals surface area contributed by atoms with E-state index in [1.165, 1.54) is 0 Å². The van der Waals surface area contributed by atoms with Gasteiger partial charge in [-0.05, 0) is 60.9 Å². The number of hydrogen-bond acceptors (Lipinski definition) is 4. The highest BCUT2D eigenvalue weighted by Crippen LogP contribution is 2.28. The number of hydrogen-bond donors (Lipinski definition) is 1. The zero-order valence-corrected chi connectivity index (χ0v) is 18.5. The predicted molar refractivity (Wildman–Crippen MR) is 127 cm³/mol. The third-order valence-electron chi connectivity index (χ3n) is 6.16. The number of anilines is 2. The summed E-state index contributed by atoms with van der Waals surface area (Å²) >= 11 is 0. The van der Waals surface area contributed by atoms with Crippen LogP contribution >= 0.6 is 0 Å². The molecule has 168 valence electrons. The van der Waals surface area contributed by atoms with E-state index in [-0.39, 0.29) is 24.3 Å². The Kier molecular flexibility index (Phi) is 5.64. The number of rotatable bonds is 7. The molecule has 8 heteroatoms. The molecule has 1 N–H and O–H groups in total. The number of carbonyl (C=O) groups is 2. The van der Waals surface area contributed by atoms with Gasteiger partial charge in [-0.15, -0.1) is 5.10 Å². The monoisotopic (exact) mass is 442 g/mol. The molecule has 1 aliphatic carbocycles. The third-order valence-corrected chi connectivity index (χ3v) is 6.16. The van der Waals surface area contributed by atoms with Crippen LogP contribution in [-0.4, -0.2) is 31.4 Å². The molecule has 0 radical (unpaired) electrons. The number of nitrogens with zero attached hydrogens (tertiary/aromatic N) is 5. The van der Waals surface area contributed by atoms with Crippen molar-refractivity contribution in [1.29, 1.82) is 0 Å². The maximum absolute atomic E-state index is 13.4. The molecule has 0 bridgehead atoms. The Morgan fingerprint density at radius 1 is 1.09 bits per heavy atom. The average molecular weight is 443 g/mol. The van der Waals surface area contributed by atoms with E-state index in [1.54, 1.807) is 9.58 Å². The zero-order valence-electron chi connectivity index (χ0n) is 18.5. The average Bonchev–Trinajstić information content (AvgIpc) is 3.37. The van der Waals surface area contributed by atoms with E-state index in [0.29, 0.717) is 6.54 Å². The van der Waals surface area contributed by atoms with Crippen LogP contribution in [0.1, 0.15) is 24.8 Å². The van der Waals surface area contributed by atoms with Crippen molar-refractivity contribution in [3.63, 3.8) is 0 Å². The maximum atomic E-state index is 13.4. The third kappa shape index (κ3) is 4.50. The first-order chi connectivity index (χ1) is 16.1. The summed E-state index contributed by atoms with van der Waals surface area (Å²) in [4.78, 5) is 27.4. The minimum atomic E-state index is -0.0965. The fraction of sp³-hybridized carbons (Fsp3) is 0.280. The summed E-state index contributed by atoms with van der Waals surface area (Å²) in [7, 11) is 1.96. The summed E-state index contributed by atoms with van der Waals surface area (Å²) in [6.45, 7) is 0.508. The van der Waals surface area contributed by atoms with Crippen LogP contribution in [0.5, 0.6) is 0 Å². The van der Waals surface area contributed by atoms with Gasteiger partial charge in [-0.2, -0.15) is 0 Å². The Morgan fingerprint density at radius 3 is 2.58 bits per heavy atom. The van der Waals surface area contributed by atoms with Crippen LogP contribution in [0.3, 0.4) is 0 Å². The molecule has 2 heterocycles. The number of fused-ring (bicyclic) bond motifs is 1. The van der Waals surface area contributed by atoms with Crippen LogP contribution in [0.25, 0.3) is 11.0 Å². The quantitative estimate of drug-likeness (QED) is 0.473. The molecule has 0 unspecified atom stereocenters. The van der Waals surface area contributed by atoms with Gasteiger partial charge in [-0.1, -0.05) is 23.8 Å². The topological polar surface area (TPSA) is 85.1 Å². The smallest absolute Gasteiger partial charge is 0.249 e. The molecule has 1 saturated carbocycles. The molecule has 1 fully saturated rings. The Morgan fingerprint density at radius 2 is 1.88 bits per heavy atom. The predicted octanol–water partition coefficient (Wildman–Crippen LogP) is 3.74. The molecular formula is C25H26N6O2. The summed E-state index contributed by atoms with van der Waals surface area (Å²) in [6.07, 6.45) is 7.00. The number of aryl methyl sites for hydroxylation is 1. The van der Waals surface area contributed by atoms with Gasteiger partial charge in [0.25, 0.3) is 0 Å². The standard InChI is InChI=1S/C25H26N6O2/c1-29-14-13-18(15-29)16-30(24(32)17-31-23-8-3-2-7-22(23)27-28-31)21-11-9-20(10-12-21)26-25(33)19-5-4-6-19/h2-3,7-15,19H,4-6,16-17H2,1H3,(H,26,33). The van der Waals surface area contributed by atoms with Crippen LogP contribution < -0.4 is 10.2 Å². The lowest BCUT2D eigenvalue weighted by molar-refractivity contribution is -0.122. The van der Waals surface area contributed by atoms with Crippen LogP contribution in [0.15, 0.2) is 67.0 Å². The van der Waals surface area contributed by atoms with Crippen molar-refractivity contribution in [2.75, 3.05) is 10.2 Å². The summed E-state index contributed by atoms with van der Waals surface area (Å²) < 4.78 is 3.59. The summed E-state index contributed by atoms with van der Waals surface area (Å²) in [5.74, 6) is 0.100. The Bertz CT molecular complexity index is 1290. The molecule has 5 rings (SSSR count). The molecule has 8 nitrogen and oxygen atoms in total. The molecule has 0 saturated heterocycles. The Hall–Kier alpha value is -3.94. The van der Waals surface area contributed by atoms with E-state index >= 15 is 0 Å². The van der Waals surface area contributed by atoms with Crippen molar-refractivity contribution in [2.24, 2.45) is 13.0 Å². The highest BCUT2D eigenvalue weighted by atomic mass is 16.2.